The van der Waals surface area contributed by atoms with Crippen LogP contribution < -0.4 is 0 Å². The molecule has 16 heavy (non-hydrogen) atoms. The van der Waals surface area contributed by atoms with Crippen molar-refractivity contribution in [2.45, 2.75) is 18.7 Å². The average Bonchev–Trinajstić information content (AvgIpc) is 2.19. The molecule has 0 unspecified atom stereocenters. The number of aliphatic hydroxyl groups is 1. The molecule has 6 heteroatoms. The van der Waals surface area contributed by atoms with Gasteiger partial charge < -0.3 is 5.11 Å². The van der Waals surface area contributed by atoms with E-state index in [0.717, 1.165) is 6.07 Å². The van der Waals surface area contributed by atoms with Gasteiger partial charge in [0.15, 0.2) is 0 Å². The van der Waals surface area contributed by atoms with E-state index in [0.29, 0.717) is 12.1 Å². The largest absolute Gasteiger partial charge is 0.416 e. The van der Waals surface area contributed by atoms with Gasteiger partial charge in [0.2, 0.25) is 0 Å². The maximum absolute atomic E-state index is 13.1. The number of hydrogen-bond donors (Lipinski definition) is 1. The van der Waals surface area contributed by atoms with Crippen LogP contribution in [0.25, 0.3) is 0 Å². The molecule has 0 bridgehead atoms. The van der Waals surface area contributed by atoms with E-state index in [1.807, 2.05) is 0 Å². The maximum Gasteiger partial charge on any atom is 0.416 e. The smallest absolute Gasteiger partial charge is 0.392 e. The standard InChI is InChI=1S/C10H9ClF4O/c11-5-8(16)4-6-3-7(10(13,14)15)1-2-9(6)12/h1-3,8,16H,4-5H2/t8-/m1/s1. The van der Waals surface area contributed by atoms with Crippen LogP contribution in [0.15, 0.2) is 18.2 Å². The van der Waals surface area contributed by atoms with Crippen LogP contribution in [0.2, 0.25) is 0 Å². The van der Waals surface area contributed by atoms with E-state index in [1.54, 1.807) is 0 Å². The van der Waals surface area contributed by atoms with Crippen molar-refractivity contribution in [2.75, 3.05) is 5.88 Å². The van der Waals surface area contributed by atoms with Crippen molar-refractivity contribution in [1.29, 1.82) is 0 Å². The summed E-state index contributed by atoms with van der Waals surface area (Å²) in [5.41, 5.74) is -1.13. The normalized spacial score (nSPS) is 13.9. The van der Waals surface area contributed by atoms with Crippen molar-refractivity contribution < 1.29 is 22.7 Å². The molecule has 0 saturated carbocycles. The fraction of sp³-hybridized carbons (Fsp3) is 0.400. The van der Waals surface area contributed by atoms with Gasteiger partial charge in [-0.05, 0) is 23.8 Å². The Morgan fingerprint density at radius 3 is 2.44 bits per heavy atom. The van der Waals surface area contributed by atoms with E-state index in [2.05, 4.69) is 0 Å². The minimum atomic E-state index is -4.52. The number of benzene rings is 1. The fourth-order valence-electron chi connectivity index (χ4n) is 1.22. The zero-order chi connectivity index (χ0) is 12.3. The molecule has 0 saturated heterocycles. The minimum absolute atomic E-state index is 0.157. The highest BCUT2D eigenvalue weighted by molar-refractivity contribution is 6.18. The summed E-state index contributed by atoms with van der Waals surface area (Å²) in [4.78, 5) is 0. The van der Waals surface area contributed by atoms with E-state index in [4.69, 9.17) is 16.7 Å². The highest BCUT2D eigenvalue weighted by atomic mass is 35.5. The molecule has 1 rings (SSSR count). The SMILES string of the molecule is O[C@@H](CCl)Cc1cc(C(F)(F)F)ccc1F. The predicted molar refractivity (Wildman–Crippen MR) is 51.8 cm³/mol. The zero-order valence-electron chi connectivity index (χ0n) is 8.06. The van der Waals surface area contributed by atoms with Crippen LogP contribution >= 0.6 is 11.6 Å². The first kappa shape index (κ1) is 13.3. The molecule has 90 valence electrons. The molecule has 0 heterocycles. The molecule has 0 aromatic heterocycles. The maximum atomic E-state index is 13.1. The van der Waals surface area contributed by atoms with Crippen molar-refractivity contribution in [3.63, 3.8) is 0 Å². The molecule has 0 aliphatic carbocycles. The Hall–Kier alpha value is -0.810. The van der Waals surface area contributed by atoms with Crippen molar-refractivity contribution >= 4 is 11.6 Å². The van der Waals surface area contributed by atoms with E-state index in [-0.39, 0.29) is 17.9 Å². The van der Waals surface area contributed by atoms with Crippen molar-refractivity contribution in [3.05, 3.63) is 35.1 Å². The second-order valence-electron chi connectivity index (χ2n) is 3.32. The Kier molecular flexibility index (Phi) is 4.15. The lowest BCUT2D eigenvalue weighted by Gasteiger charge is -2.11. The summed E-state index contributed by atoms with van der Waals surface area (Å²) in [6, 6.07) is 2.08. The van der Waals surface area contributed by atoms with E-state index >= 15 is 0 Å². The third-order valence-corrected chi connectivity index (χ3v) is 2.36. The molecule has 0 fully saturated rings. The number of alkyl halides is 4. The zero-order valence-corrected chi connectivity index (χ0v) is 8.82. The fourth-order valence-corrected chi connectivity index (χ4v) is 1.33. The van der Waals surface area contributed by atoms with Gasteiger partial charge in [0.05, 0.1) is 11.7 Å². The molecule has 1 atom stereocenters. The minimum Gasteiger partial charge on any atom is -0.392 e. The molecule has 0 aliphatic heterocycles. The van der Waals surface area contributed by atoms with Crippen molar-refractivity contribution in [2.24, 2.45) is 0 Å². The van der Waals surface area contributed by atoms with Gasteiger partial charge in [-0.1, -0.05) is 0 Å². The van der Waals surface area contributed by atoms with Crippen molar-refractivity contribution in [1.82, 2.24) is 0 Å². The Morgan fingerprint density at radius 1 is 1.31 bits per heavy atom. The first-order valence-corrected chi connectivity index (χ1v) is 4.97. The van der Waals surface area contributed by atoms with Gasteiger partial charge in [0, 0.05) is 12.3 Å². The van der Waals surface area contributed by atoms with Crippen LogP contribution in [0.4, 0.5) is 17.6 Å². The summed E-state index contributed by atoms with van der Waals surface area (Å²) in [6.45, 7) is 0. The Balaban J connectivity index is 3.00. The molecule has 0 aliphatic rings. The average molecular weight is 257 g/mol. The van der Waals surface area contributed by atoms with Crippen LogP contribution in [0.1, 0.15) is 11.1 Å². The predicted octanol–water partition coefficient (Wildman–Crippen LogP) is 2.99. The Morgan fingerprint density at radius 2 is 1.94 bits per heavy atom. The lowest BCUT2D eigenvalue weighted by atomic mass is 10.0. The lowest BCUT2D eigenvalue weighted by Crippen LogP contribution is -2.14. The number of halogens is 5. The summed E-state index contributed by atoms with van der Waals surface area (Å²) in [6.07, 6.45) is -5.81. The monoisotopic (exact) mass is 256 g/mol. The molecule has 0 amide bonds. The summed E-state index contributed by atoms with van der Waals surface area (Å²) in [7, 11) is 0. The van der Waals surface area contributed by atoms with Gasteiger partial charge in [-0.15, -0.1) is 11.6 Å². The van der Waals surface area contributed by atoms with Crippen LogP contribution in [-0.4, -0.2) is 17.1 Å². The van der Waals surface area contributed by atoms with E-state index in [1.165, 1.54) is 0 Å². The lowest BCUT2D eigenvalue weighted by molar-refractivity contribution is -0.137. The second kappa shape index (κ2) is 5.01. The van der Waals surface area contributed by atoms with Crippen LogP contribution in [0.5, 0.6) is 0 Å². The van der Waals surface area contributed by atoms with Gasteiger partial charge in [0.1, 0.15) is 5.82 Å². The topological polar surface area (TPSA) is 20.2 Å². The number of rotatable bonds is 3. The van der Waals surface area contributed by atoms with Crippen LogP contribution in [-0.2, 0) is 12.6 Å². The first-order valence-electron chi connectivity index (χ1n) is 4.44. The molecular weight excluding hydrogens is 248 g/mol. The van der Waals surface area contributed by atoms with Crippen molar-refractivity contribution in [3.8, 4) is 0 Å². The third kappa shape index (κ3) is 3.35. The molecular formula is C10H9ClF4O. The molecule has 1 aromatic carbocycles. The van der Waals surface area contributed by atoms with Gasteiger partial charge in [-0.3, -0.25) is 0 Å². The quantitative estimate of drug-likeness (QED) is 0.651. The van der Waals surface area contributed by atoms with Crippen LogP contribution in [0, 0.1) is 5.82 Å². The van der Waals surface area contributed by atoms with Gasteiger partial charge in [-0.2, -0.15) is 13.2 Å². The van der Waals surface area contributed by atoms with Gasteiger partial charge in [0.25, 0.3) is 0 Å². The van der Waals surface area contributed by atoms with Gasteiger partial charge >= 0.3 is 6.18 Å². The highest BCUT2D eigenvalue weighted by Gasteiger charge is 2.31. The second-order valence-corrected chi connectivity index (χ2v) is 3.62. The number of aliphatic hydroxyl groups excluding tert-OH is 1. The Bertz CT molecular complexity index is 364. The third-order valence-electron chi connectivity index (χ3n) is 2.01. The highest BCUT2D eigenvalue weighted by Crippen LogP contribution is 2.30. The Labute approximate surface area is 94.7 Å². The molecule has 0 spiro atoms. The molecule has 1 nitrogen and oxygen atoms in total. The van der Waals surface area contributed by atoms with Gasteiger partial charge in [-0.25, -0.2) is 4.39 Å². The molecule has 0 radical (unpaired) electrons. The summed E-state index contributed by atoms with van der Waals surface area (Å²) >= 11 is 5.29. The molecule has 1 aromatic rings. The van der Waals surface area contributed by atoms with Crippen LogP contribution in [0.3, 0.4) is 0 Å². The summed E-state index contributed by atoms with van der Waals surface area (Å²) in [5, 5.41) is 9.15. The van der Waals surface area contributed by atoms with E-state index < -0.39 is 23.7 Å². The first-order chi connectivity index (χ1) is 7.34. The summed E-state index contributed by atoms with van der Waals surface area (Å²) in [5.74, 6) is -0.937. The summed E-state index contributed by atoms with van der Waals surface area (Å²) < 4.78 is 50.1. The van der Waals surface area contributed by atoms with E-state index in [9.17, 15) is 17.6 Å². The number of hydrogen-bond acceptors (Lipinski definition) is 1. The molecule has 1 N–H and O–H groups in total.